The van der Waals surface area contributed by atoms with Crippen molar-refractivity contribution < 1.29 is 14.3 Å². The Kier molecular flexibility index (Phi) is 7.67. The highest BCUT2D eigenvalue weighted by Gasteiger charge is 2.36. The van der Waals surface area contributed by atoms with Crippen molar-refractivity contribution in [3.8, 4) is 11.9 Å². The van der Waals surface area contributed by atoms with Gasteiger partial charge in [-0.3, -0.25) is 14.0 Å². The predicted octanol–water partition coefficient (Wildman–Crippen LogP) is 5.57. The summed E-state index contributed by atoms with van der Waals surface area (Å²) in [6, 6.07) is 17.1. The lowest BCUT2D eigenvalue weighted by Gasteiger charge is -2.30. The molecule has 37 heavy (non-hydrogen) atoms. The zero-order valence-electron chi connectivity index (χ0n) is 21.0. The molecule has 4 rings (SSSR count). The van der Waals surface area contributed by atoms with Gasteiger partial charge >= 0.3 is 0 Å². The van der Waals surface area contributed by atoms with E-state index in [2.05, 4.69) is 16.4 Å². The SMILES string of the molecule is Cc1nc2scc(C(C)(C)C(=O)N[C@@H](C)[C@@H](Cc3ccc(Cl)cc3)c3cccc(C#N)c3)n2c1OC=O. The summed E-state index contributed by atoms with van der Waals surface area (Å²) in [5.41, 5.74) is 2.89. The van der Waals surface area contributed by atoms with Gasteiger partial charge in [-0.25, -0.2) is 4.98 Å². The number of benzene rings is 2. The number of hydrogen-bond acceptors (Lipinski definition) is 6. The van der Waals surface area contributed by atoms with E-state index in [-0.39, 0.29) is 17.9 Å². The molecule has 1 N–H and O–H groups in total. The van der Waals surface area contributed by atoms with Crippen molar-refractivity contribution in [2.24, 2.45) is 0 Å². The lowest BCUT2D eigenvalue weighted by atomic mass is 9.84. The van der Waals surface area contributed by atoms with Crippen LogP contribution in [0.2, 0.25) is 5.02 Å². The lowest BCUT2D eigenvalue weighted by Crippen LogP contribution is -2.47. The lowest BCUT2D eigenvalue weighted by molar-refractivity contribution is -0.126. The largest absolute Gasteiger partial charge is 0.409 e. The average molecular weight is 535 g/mol. The number of nitrogens with one attached hydrogen (secondary N) is 1. The topological polar surface area (TPSA) is 96.5 Å². The van der Waals surface area contributed by atoms with Gasteiger partial charge in [-0.15, -0.1) is 11.3 Å². The number of rotatable bonds is 9. The van der Waals surface area contributed by atoms with Gasteiger partial charge in [0.15, 0.2) is 4.96 Å². The van der Waals surface area contributed by atoms with E-state index >= 15 is 0 Å². The number of thiazole rings is 1. The molecule has 0 unspecified atom stereocenters. The summed E-state index contributed by atoms with van der Waals surface area (Å²) in [4.78, 5) is 29.9. The van der Waals surface area contributed by atoms with E-state index < -0.39 is 5.41 Å². The van der Waals surface area contributed by atoms with Crippen LogP contribution in [0.3, 0.4) is 0 Å². The van der Waals surface area contributed by atoms with Crippen LogP contribution in [0.5, 0.6) is 5.88 Å². The Morgan fingerprint density at radius 1 is 1.30 bits per heavy atom. The number of hydrogen-bond donors (Lipinski definition) is 1. The van der Waals surface area contributed by atoms with Gasteiger partial charge in [0.2, 0.25) is 11.8 Å². The van der Waals surface area contributed by atoms with Crippen molar-refractivity contribution in [3.63, 3.8) is 0 Å². The van der Waals surface area contributed by atoms with Crippen molar-refractivity contribution >= 4 is 40.3 Å². The molecule has 0 bridgehead atoms. The zero-order chi connectivity index (χ0) is 26.7. The van der Waals surface area contributed by atoms with Crippen LogP contribution in [-0.4, -0.2) is 27.8 Å². The molecule has 4 aromatic rings. The van der Waals surface area contributed by atoms with Crippen LogP contribution >= 0.6 is 22.9 Å². The van der Waals surface area contributed by atoms with E-state index in [1.165, 1.54) is 11.3 Å². The number of nitriles is 1. The minimum absolute atomic E-state index is 0.0961. The Balaban J connectivity index is 1.65. The van der Waals surface area contributed by atoms with E-state index in [1.54, 1.807) is 17.4 Å². The molecule has 9 heteroatoms. The highest BCUT2D eigenvalue weighted by molar-refractivity contribution is 7.15. The Morgan fingerprint density at radius 2 is 2.03 bits per heavy atom. The van der Waals surface area contributed by atoms with Gasteiger partial charge in [0.05, 0.1) is 22.7 Å². The molecule has 0 radical (unpaired) electrons. The molecule has 2 heterocycles. The van der Waals surface area contributed by atoms with Crippen LogP contribution in [0.1, 0.15) is 54.8 Å². The van der Waals surface area contributed by atoms with Gasteiger partial charge in [-0.1, -0.05) is 35.9 Å². The smallest absolute Gasteiger partial charge is 0.299 e. The molecule has 0 saturated heterocycles. The zero-order valence-corrected chi connectivity index (χ0v) is 22.6. The summed E-state index contributed by atoms with van der Waals surface area (Å²) in [7, 11) is 0. The third kappa shape index (κ3) is 5.38. The number of amides is 1. The van der Waals surface area contributed by atoms with Crippen molar-refractivity contribution in [2.75, 3.05) is 0 Å². The fraction of sp³-hybridized carbons (Fsp3) is 0.286. The first-order chi connectivity index (χ1) is 17.6. The minimum atomic E-state index is -0.958. The highest BCUT2D eigenvalue weighted by atomic mass is 35.5. The maximum absolute atomic E-state index is 13.7. The van der Waals surface area contributed by atoms with Crippen molar-refractivity contribution in [1.82, 2.24) is 14.7 Å². The first kappa shape index (κ1) is 26.4. The fourth-order valence-corrected chi connectivity index (χ4v) is 5.67. The van der Waals surface area contributed by atoms with Gasteiger partial charge in [-0.05, 0) is 69.5 Å². The standard InChI is InChI=1S/C28H27ClN4O3S/c1-17(23(13-19-8-10-22(29)11-9-19)21-7-5-6-20(12-21)14-30)31-26(35)28(3,4)24-15-37-27-32-18(2)25(33(24)27)36-16-34/h5-12,15-17,23H,13H2,1-4H3,(H,31,35)/t17-,23+/m0/s1. The predicted molar refractivity (Wildman–Crippen MR) is 144 cm³/mol. The normalized spacial score (nSPS) is 13.1. The molecule has 0 aliphatic carbocycles. The Morgan fingerprint density at radius 3 is 2.70 bits per heavy atom. The van der Waals surface area contributed by atoms with E-state index in [9.17, 15) is 14.9 Å². The van der Waals surface area contributed by atoms with Gasteiger partial charge in [0.1, 0.15) is 5.69 Å². The maximum Gasteiger partial charge on any atom is 0.299 e. The number of nitrogens with zero attached hydrogens (tertiary/aromatic N) is 3. The molecule has 7 nitrogen and oxygen atoms in total. The Hall–Kier alpha value is -3.67. The van der Waals surface area contributed by atoms with Crippen LogP contribution in [-0.2, 0) is 21.4 Å². The minimum Gasteiger partial charge on any atom is -0.409 e. The van der Waals surface area contributed by atoms with Gasteiger partial charge in [0, 0.05) is 22.4 Å². The number of aryl methyl sites for hydroxylation is 1. The third-order valence-electron chi connectivity index (χ3n) is 6.63. The summed E-state index contributed by atoms with van der Waals surface area (Å²) < 4.78 is 6.92. The second kappa shape index (κ2) is 10.8. The number of aromatic nitrogens is 2. The summed E-state index contributed by atoms with van der Waals surface area (Å²) in [6.07, 6.45) is 0.647. The second-order valence-electron chi connectivity index (χ2n) is 9.52. The number of fused-ring (bicyclic) bond motifs is 1. The van der Waals surface area contributed by atoms with Crippen LogP contribution in [0, 0.1) is 18.3 Å². The first-order valence-corrected chi connectivity index (χ1v) is 13.0. The van der Waals surface area contributed by atoms with Crippen molar-refractivity contribution in [3.05, 3.63) is 87.0 Å². The monoisotopic (exact) mass is 534 g/mol. The van der Waals surface area contributed by atoms with Crippen molar-refractivity contribution in [2.45, 2.75) is 51.5 Å². The van der Waals surface area contributed by atoms with Crippen LogP contribution in [0.15, 0.2) is 53.9 Å². The van der Waals surface area contributed by atoms with Gasteiger partial charge < -0.3 is 10.1 Å². The average Bonchev–Trinajstić information content (AvgIpc) is 3.43. The van der Waals surface area contributed by atoms with Crippen LogP contribution in [0.25, 0.3) is 4.96 Å². The number of imidazole rings is 1. The van der Waals surface area contributed by atoms with E-state index in [0.717, 1.165) is 11.1 Å². The summed E-state index contributed by atoms with van der Waals surface area (Å²) in [6.45, 7) is 7.76. The molecule has 2 aromatic heterocycles. The molecular formula is C28H27ClN4O3S. The van der Waals surface area contributed by atoms with Crippen LogP contribution in [0.4, 0.5) is 0 Å². The molecule has 0 saturated carbocycles. The number of carbonyl (C=O) groups is 2. The van der Waals surface area contributed by atoms with E-state index in [4.69, 9.17) is 16.3 Å². The first-order valence-electron chi connectivity index (χ1n) is 11.8. The molecule has 2 aromatic carbocycles. The Labute approximate surface area is 224 Å². The molecule has 0 spiro atoms. The molecule has 1 amide bonds. The summed E-state index contributed by atoms with van der Waals surface area (Å²) in [5.74, 6) is 0.0333. The summed E-state index contributed by atoms with van der Waals surface area (Å²) in [5, 5.41) is 15.2. The molecule has 0 aliphatic heterocycles. The van der Waals surface area contributed by atoms with Crippen molar-refractivity contribution in [1.29, 1.82) is 5.26 Å². The molecule has 2 atom stereocenters. The molecular weight excluding hydrogens is 508 g/mol. The quantitative estimate of drug-likeness (QED) is 0.283. The van der Waals surface area contributed by atoms with Crippen LogP contribution < -0.4 is 10.1 Å². The molecule has 190 valence electrons. The van der Waals surface area contributed by atoms with E-state index in [1.807, 2.05) is 68.6 Å². The maximum atomic E-state index is 13.7. The summed E-state index contributed by atoms with van der Waals surface area (Å²) >= 11 is 7.46. The fourth-order valence-electron chi connectivity index (χ4n) is 4.45. The number of carbonyl (C=O) groups excluding carboxylic acids is 2. The highest BCUT2D eigenvalue weighted by Crippen LogP contribution is 2.34. The number of ether oxygens (including phenoxy) is 1. The van der Waals surface area contributed by atoms with Gasteiger partial charge in [-0.2, -0.15) is 5.26 Å². The molecule has 0 aliphatic rings. The third-order valence-corrected chi connectivity index (χ3v) is 7.70. The van der Waals surface area contributed by atoms with Gasteiger partial charge in [0.25, 0.3) is 6.47 Å². The van der Waals surface area contributed by atoms with E-state index in [0.29, 0.717) is 45.7 Å². The second-order valence-corrected chi connectivity index (χ2v) is 10.8. The Bertz CT molecular complexity index is 1480. The molecule has 0 fully saturated rings. The number of halogens is 1.